The topological polar surface area (TPSA) is 59.8 Å². The number of rotatable bonds is 5. The predicted octanol–water partition coefficient (Wildman–Crippen LogP) is 6.89. The summed E-state index contributed by atoms with van der Waals surface area (Å²) in [7, 11) is 0. The number of para-hydroxylation sites is 2. The zero-order chi connectivity index (χ0) is 23.8. The van der Waals surface area contributed by atoms with E-state index in [1.165, 1.54) is 11.3 Å². The highest BCUT2D eigenvalue weighted by molar-refractivity contribution is 7.13. The molecule has 5 nitrogen and oxygen atoms in total. The molecule has 7 heteroatoms. The third-order valence-corrected chi connectivity index (χ3v) is 7.19. The summed E-state index contributed by atoms with van der Waals surface area (Å²) in [6.07, 6.45) is 1.79. The van der Waals surface area contributed by atoms with E-state index in [1.54, 1.807) is 11.7 Å². The fraction of sp³-hybridized carbons (Fsp3) is 0.0357. The molecule has 6 rings (SSSR count). The number of halogens is 1. The van der Waals surface area contributed by atoms with Gasteiger partial charge >= 0.3 is 0 Å². The van der Waals surface area contributed by atoms with E-state index in [-0.39, 0.29) is 5.91 Å². The Morgan fingerprint density at radius 3 is 2.71 bits per heavy atom. The molecule has 0 spiro atoms. The van der Waals surface area contributed by atoms with Crippen molar-refractivity contribution in [2.75, 3.05) is 0 Å². The molecule has 1 N–H and O–H groups in total. The zero-order valence-electron chi connectivity index (χ0n) is 18.5. The summed E-state index contributed by atoms with van der Waals surface area (Å²) in [5.41, 5.74) is 5.10. The first kappa shape index (κ1) is 21.5. The number of hydrogen-bond acceptors (Lipinski definition) is 4. The van der Waals surface area contributed by atoms with Gasteiger partial charge in [0.25, 0.3) is 5.91 Å². The summed E-state index contributed by atoms with van der Waals surface area (Å²) >= 11 is 8.03. The molecular weight excluding hydrogens is 476 g/mol. The third kappa shape index (κ3) is 4.07. The number of nitrogens with zero attached hydrogens (tertiary/aromatic N) is 3. The van der Waals surface area contributed by atoms with Crippen molar-refractivity contribution >= 4 is 50.7 Å². The molecule has 0 aliphatic carbocycles. The number of amides is 1. The van der Waals surface area contributed by atoms with Crippen molar-refractivity contribution in [1.29, 1.82) is 0 Å². The van der Waals surface area contributed by atoms with Crippen LogP contribution >= 0.6 is 22.9 Å². The molecule has 0 atom stereocenters. The van der Waals surface area contributed by atoms with Gasteiger partial charge in [-0.15, -0.1) is 11.3 Å². The van der Waals surface area contributed by atoms with Gasteiger partial charge in [-0.05, 0) is 40.6 Å². The molecule has 0 fully saturated rings. The number of thiazole rings is 1. The number of aromatic nitrogens is 3. The highest BCUT2D eigenvalue weighted by atomic mass is 35.5. The van der Waals surface area contributed by atoms with Crippen LogP contribution in [0, 0.1) is 0 Å². The van der Waals surface area contributed by atoms with Crippen molar-refractivity contribution in [1.82, 2.24) is 19.9 Å². The number of carbonyl (C=O) groups excluding carboxylic acids is 1. The van der Waals surface area contributed by atoms with Gasteiger partial charge in [0, 0.05) is 28.2 Å². The maximum Gasteiger partial charge on any atom is 0.271 e. The van der Waals surface area contributed by atoms with Gasteiger partial charge in [-0.25, -0.2) is 9.97 Å². The van der Waals surface area contributed by atoms with Crippen molar-refractivity contribution in [3.63, 3.8) is 0 Å². The lowest BCUT2D eigenvalue weighted by atomic mass is 10.1. The molecule has 35 heavy (non-hydrogen) atoms. The maximum atomic E-state index is 12.8. The second-order valence-corrected chi connectivity index (χ2v) is 9.39. The average Bonchev–Trinajstić information content (AvgIpc) is 3.55. The molecule has 0 saturated heterocycles. The Morgan fingerprint density at radius 1 is 0.971 bits per heavy atom. The first-order valence-corrected chi connectivity index (χ1v) is 12.4. The standard InChI is InChI=1S/C28H19ClN4OS/c29-23-14-20(33-17-31-24-10-3-4-11-26(24)33)13-12-19(23)15-30-27(34)25-16-35-28(32-25)22-9-5-7-18-6-1-2-8-21(18)22/h1-14,16-17H,15H2,(H,30,34). The number of hydrogen-bond donors (Lipinski definition) is 1. The van der Waals surface area contributed by atoms with Gasteiger partial charge in [0.15, 0.2) is 0 Å². The zero-order valence-corrected chi connectivity index (χ0v) is 20.1. The fourth-order valence-corrected chi connectivity index (χ4v) is 5.25. The van der Waals surface area contributed by atoms with Gasteiger partial charge in [0.05, 0.1) is 11.0 Å². The number of carbonyl (C=O) groups is 1. The van der Waals surface area contributed by atoms with Crippen LogP contribution in [0.25, 0.3) is 38.1 Å². The van der Waals surface area contributed by atoms with Gasteiger partial charge in [0.1, 0.15) is 17.0 Å². The minimum atomic E-state index is -0.228. The molecule has 2 aromatic heterocycles. The molecule has 0 unspecified atom stereocenters. The quantitative estimate of drug-likeness (QED) is 0.284. The first-order valence-electron chi connectivity index (χ1n) is 11.1. The van der Waals surface area contributed by atoms with E-state index < -0.39 is 0 Å². The SMILES string of the molecule is O=C(NCc1ccc(-n2cnc3ccccc32)cc1Cl)c1csc(-c2cccc3ccccc23)n1. The van der Waals surface area contributed by atoms with Crippen LogP contribution in [0.3, 0.4) is 0 Å². The van der Waals surface area contributed by atoms with Gasteiger partial charge in [-0.2, -0.15) is 0 Å². The van der Waals surface area contributed by atoms with Crippen molar-refractivity contribution in [2.45, 2.75) is 6.54 Å². The molecule has 4 aromatic carbocycles. The van der Waals surface area contributed by atoms with E-state index in [4.69, 9.17) is 11.6 Å². The maximum absolute atomic E-state index is 12.8. The van der Waals surface area contributed by atoms with E-state index in [0.717, 1.165) is 43.6 Å². The van der Waals surface area contributed by atoms with Crippen molar-refractivity contribution in [2.24, 2.45) is 0 Å². The van der Waals surface area contributed by atoms with E-state index in [2.05, 4.69) is 33.5 Å². The van der Waals surface area contributed by atoms with Gasteiger partial charge < -0.3 is 5.32 Å². The predicted molar refractivity (Wildman–Crippen MR) is 142 cm³/mol. The third-order valence-electron chi connectivity index (χ3n) is 5.96. The second-order valence-electron chi connectivity index (χ2n) is 8.13. The number of nitrogens with one attached hydrogen (secondary N) is 1. The summed E-state index contributed by atoms with van der Waals surface area (Å²) in [6, 6.07) is 28.0. The molecule has 0 saturated carbocycles. The van der Waals surface area contributed by atoms with Crippen LogP contribution in [-0.2, 0) is 6.54 Å². The minimum absolute atomic E-state index is 0.228. The van der Waals surface area contributed by atoms with Crippen molar-refractivity contribution < 1.29 is 4.79 Å². The summed E-state index contributed by atoms with van der Waals surface area (Å²) in [6.45, 7) is 0.309. The molecule has 0 aliphatic heterocycles. The smallest absolute Gasteiger partial charge is 0.271 e. The van der Waals surface area contributed by atoms with Crippen molar-refractivity contribution in [3.8, 4) is 16.3 Å². The number of imidazole rings is 1. The molecule has 0 bridgehead atoms. The van der Waals surface area contributed by atoms with Crippen LogP contribution in [0.15, 0.2) is 96.6 Å². The second kappa shape index (κ2) is 8.98. The Bertz CT molecular complexity index is 1700. The Balaban J connectivity index is 1.19. The van der Waals surface area contributed by atoms with Crippen LogP contribution in [0.5, 0.6) is 0 Å². The van der Waals surface area contributed by atoms with E-state index in [1.807, 2.05) is 71.3 Å². The highest BCUT2D eigenvalue weighted by Gasteiger charge is 2.14. The summed E-state index contributed by atoms with van der Waals surface area (Å²) in [4.78, 5) is 21.9. The number of fused-ring (bicyclic) bond motifs is 2. The molecule has 2 heterocycles. The number of benzene rings is 4. The summed E-state index contributed by atoms with van der Waals surface area (Å²) < 4.78 is 1.99. The first-order chi connectivity index (χ1) is 17.2. The minimum Gasteiger partial charge on any atom is -0.347 e. The normalized spacial score (nSPS) is 11.2. The molecule has 1 amide bonds. The molecule has 0 radical (unpaired) electrons. The Morgan fingerprint density at radius 2 is 1.80 bits per heavy atom. The van der Waals surface area contributed by atoms with Crippen LogP contribution in [0.2, 0.25) is 5.02 Å². The van der Waals surface area contributed by atoms with Crippen molar-refractivity contribution in [3.05, 3.63) is 113 Å². The lowest BCUT2D eigenvalue weighted by Gasteiger charge is -2.10. The van der Waals surface area contributed by atoms with Gasteiger partial charge in [-0.1, -0.05) is 72.3 Å². The Labute approximate surface area is 210 Å². The molecule has 6 aromatic rings. The lowest BCUT2D eigenvalue weighted by Crippen LogP contribution is -2.23. The summed E-state index contributed by atoms with van der Waals surface area (Å²) in [5.74, 6) is -0.228. The average molecular weight is 495 g/mol. The van der Waals surface area contributed by atoms with Gasteiger partial charge in [-0.3, -0.25) is 9.36 Å². The van der Waals surface area contributed by atoms with E-state index >= 15 is 0 Å². The van der Waals surface area contributed by atoms with Crippen LogP contribution < -0.4 is 5.32 Å². The van der Waals surface area contributed by atoms with Crippen LogP contribution in [0.4, 0.5) is 0 Å². The van der Waals surface area contributed by atoms with Crippen LogP contribution in [-0.4, -0.2) is 20.4 Å². The van der Waals surface area contributed by atoms with E-state index in [9.17, 15) is 4.79 Å². The fourth-order valence-electron chi connectivity index (χ4n) is 4.17. The van der Waals surface area contributed by atoms with Crippen LogP contribution in [0.1, 0.15) is 16.1 Å². The highest BCUT2D eigenvalue weighted by Crippen LogP contribution is 2.31. The molecular formula is C28H19ClN4OS. The lowest BCUT2D eigenvalue weighted by molar-refractivity contribution is 0.0946. The molecule has 170 valence electrons. The largest absolute Gasteiger partial charge is 0.347 e. The van der Waals surface area contributed by atoms with Gasteiger partial charge in [0.2, 0.25) is 0 Å². The summed E-state index contributed by atoms with van der Waals surface area (Å²) in [5, 5.41) is 8.40. The monoisotopic (exact) mass is 494 g/mol. The Kier molecular flexibility index (Phi) is 5.52. The Hall–Kier alpha value is -4.00. The molecule has 0 aliphatic rings. The van der Waals surface area contributed by atoms with E-state index in [0.29, 0.717) is 17.3 Å².